The van der Waals surface area contributed by atoms with Crippen molar-refractivity contribution in [2.45, 2.75) is 45.7 Å². The van der Waals surface area contributed by atoms with Crippen LogP contribution in [0.2, 0.25) is 5.02 Å². The van der Waals surface area contributed by atoms with Crippen LogP contribution in [0, 0.1) is 0 Å². The van der Waals surface area contributed by atoms with Gasteiger partial charge in [-0.25, -0.2) is 0 Å². The molecule has 1 heterocycles. The van der Waals surface area contributed by atoms with Gasteiger partial charge in [0.1, 0.15) is 0 Å². The molecule has 21 heavy (non-hydrogen) atoms. The maximum absolute atomic E-state index is 6.17. The van der Waals surface area contributed by atoms with Crippen molar-refractivity contribution in [1.82, 2.24) is 4.57 Å². The van der Waals surface area contributed by atoms with Gasteiger partial charge in [-0.1, -0.05) is 31.5 Å². The molecule has 2 aromatic rings. The van der Waals surface area contributed by atoms with E-state index in [4.69, 9.17) is 17.3 Å². The number of rotatable bonds is 8. The van der Waals surface area contributed by atoms with E-state index in [1.165, 1.54) is 34.4 Å². The number of nitrogens with zero attached hydrogens (tertiary/aromatic N) is 1. The van der Waals surface area contributed by atoms with Gasteiger partial charge >= 0.3 is 0 Å². The Labute approximate surface area is 137 Å². The first-order valence-corrected chi connectivity index (χ1v) is 9.29. The number of benzene rings is 1. The molecule has 0 spiro atoms. The summed E-state index contributed by atoms with van der Waals surface area (Å²) in [5.41, 5.74) is 8.72. The lowest BCUT2D eigenvalue weighted by Gasteiger charge is -2.06. The van der Waals surface area contributed by atoms with Gasteiger partial charge in [-0.3, -0.25) is 0 Å². The zero-order valence-corrected chi connectivity index (χ0v) is 14.5. The highest BCUT2D eigenvalue weighted by Crippen LogP contribution is 2.26. The van der Waals surface area contributed by atoms with Gasteiger partial charge < -0.3 is 10.3 Å². The molecule has 0 aliphatic carbocycles. The predicted octanol–water partition coefficient (Wildman–Crippen LogP) is 4.72. The van der Waals surface area contributed by atoms with Gasteiger partial charge in [0, 0.05) is 34.7 Å². The van der Waals surface area contributed by atoms with Crippen LogP contribution < -0.4 is 5.73 Å². The maximum Gasteiger partial charge on any atom is 0.0498 e. The van der Waals surface area contributed by atoms with Crippen molar-refractivity contribution in [3.05, 3.63) is 35.0 Å². The van der Waals surface area contributed by atoms with Crippen LogP contribution in [0.4, 0.5) is 0 Å². The van der Waals surface area contributed by atoms with E-state index < -0.39 is 0 Å². The smallest absolute Gasteiger partial charge is 0.0498 e. The first kappa shape index (κ1) is 16.7. The molecule has 2 N–H and O–H groups in total. The highest BCUT2D eigenvalue weighted by molar-refractivity contribution is 7.99. The minimum atomic E-state index is 0.232. The third kappa shape index (κ3) is 4.41. The molecule has 0 radical (unpaired) electrons. The summed E-state index contributed by atoms with van der Waals surface area (Å²) in [6.45, 7) is 5.40. The van der Waals surface area contributed by atoms with Crippen LogP contribution in [0.5, 0.6) is 0 Å². The number of aromatic nitrogens is 1. The van der Waals surface area contributed by atoms with E-state index in [1.54, 1.807) is 0 Å². The minimum absolute atomic E-state index is 0.232. The van der Waals surface area contributed by atoms with Gasteiger partial charge in [0.25, 0.3) is 0 Å². The van der Waals surface area contributed by atoms with E-state index in [1.807, 2.05) is 17.8 Å². The summed E-state index contributed by atoms with van der Waals surface area (Å²) in [6, 6.07) is 6.41. The fourth-order valence-corrected chi connectivity index (χ4v) is 3.39. The lowest BCUT2D eigenvalue weighted by molar-refractivity contribution is 0.643. The molecule has 0 aliphatic rings. The summed E-state index contributed by atoms with van der Waals surface area (Å²) in [6.07, 6.45) is 5.40. The monoisotopic (exact) mass is 324 g/mol. The Hall–Kier alpha value is -0.640. The van der Waals surface area contributed by atoms with Gasteiger partial charge in [0.15, 0.2) is 0 Å². The van der Waals surface area contributed by atoms with E-state index in [9.17, 15) is 0 Å². The number of hydrogen-bond donors (Lipinski definition) is 1. The van der Waals surface area contributed by atoms with Crippen LogP contribution in [-0.2, 0) is 13.0 Å². The van der Waals surface area contributed by atoms with Gasteiger partial charge in [0.2, 0.25) is 0 Å². The quantitative estimate of drug-likeness (QED) is 0.712. The molecule has 1 unspecified atom stereocenters. The normalized spacial score (nSPS) is 13.0. The Morgan fingerprint density at radius 3 is 2.86 bits per heavy atom. The average Bonchev–Trinajstić information content (AvgIpc) is 2.80. The van der Waals surface area contributed by atoms with Crippen LogP contribution in [-0.4, -0.2) is 22.1 Å². The molecular weight excluding hydrogens is 300 g/mol. The van der Waals surface area contributed by atoms with Gasteiger partial charge in [-0.2, -0.15) is 11.8 Å². The third-order valence-electron chi connectivity index (χ3n) is 3.83. The van der Waals surface area contributed by atoms with Crippen LogP contribution >= 0.6 is 23.4 Å². The highest BCUT2D eigenvalue weighted by Gasteiger charge is 2.11. The van der Waals surface area contributed by atoms with Gasteiger partial charge in [-0.15, -0.1) is 0 Å². The van der Waals surface area contributed by atoms with Crippen molar-refractivity contribution >= 4 is 34.3 Å². The zero-order valence-electron chi connectivity index (χ0n) is 12.9. The topological polar surface area (TPSA) is 30.9 Å². The maximum atomic E-state index is 6.17. The van der Waals surface area contributed by atoms with E-state index in [2.05, 4.69) is 36.7 Å². The Balaban J connectivity index is 2.24. The predicted molar refractivity (Wildman–Crippen MR) is 96.5 cm³/mol. The summed E-state index contributed by atoms with van der Waals surface area (Å²) < 4.78 is 2.34. The number of nitrogens with two attached hydrogens (primary N) is 1. The van der Waals surface area contributed by atoms with Crippen LogP contribution in [0.1, 0.15) is 32.3 Å². The largest absolute Gasteiger partial charge is 0.347 e. The summed E-state index contributed by atoms with van der Waals surface area (Å²) in [7, 11) is 0. The lowest BCUT2D eigenvalue weighted by atomic mass is 10.0. The molecule has 0 bridgehead atoms. The number of aryl methyl sites for hydroxylation is 1. The third-order valence-corrected chi connectivity index (χ3v) is 5.05. The first-order chi connectivity index (χ1) is 10.2. The highest BCUT2D eigenvalue weighted by atomic mass is 35.5. The number of hydrogen-bond acceptors (Lipinski definition) is 2. The Bertz CT molecular complexity index is 579. The van der Waals surface area contributed by atoms with Crippen molar-refractivity contribution in [3.8, 4) is 0 Å². The molecule has 1 aromatic heterocycles. The van der Waals surface area contributed by atoms with Gasteiger partial charge in [0.05, 0.1) is 0 Å². The fourth-order valence-electron chi connectivity index (χ4n) is 2.60. The second-order valence-corrected chi connectivity index (χ2v) is 7.26. The Morgan fingerprint density at radius 1 is 1.33 bits per heavy atom. The molecule has 0 saturated heterocycles. The lowest BCUT2D eigenvalue weighted by Crippen LogP contribution is -2.21. The summed E-state index contributed by atoms with van der Waals surface area (Å²) >= 11 is 8.17. The molecule has 2 rings (SSSR count). The van der Waals surface area contributed by atoms with Crippen LogP contribution in [0.3, 0.4) is 0 Å². The molecule has 4 heteroatoms. The molecule has 2 nitrogen and oxygen atoms in total. The number of halogens is 1. The van der Waals surface area contributed by atoms with Crippen molar-refractivity contribution in [2.75, 3.05) is 11.5 Å². The average molecular weight is 325 g/mol. The molecular formula is C17H25ClN2S. The van der Waals surface area contributed by atoms with E-state index in [0.29, 0.717) is 0 Å². The molecule has 1 aromatic carbocycles. The fraction of sp³-hybridized carbons (Fsp3) is 0.529. The molecule has 0 aliphatic heterocycles. The molecule has 0 fully saturated rings. The Kier molecular flexibility index (Phi) is 6.46. The van der Waals surface area contributed by atoms with Crippen molar-refractivity contribution < 1.29 is 0 Å². The SMILES string of the molecule is CCSCCCn1cc(CC(N)CC)c2ccc(Cl)cc21. The Morgan fingerprint density at radius 2 is 2.14 bits per heavy atom. The molecule has 1 atom stereocenters. The number of thioether (sulfide) groups is 1. The molecule has 0 saturated carbocycles. The summed E-state index contributed by atoms with van der Waals surface area (Å²) in [4.78, 5) is 0. The minimum Gasteiger partial charge on any atom is -0.347 e. The summed E-state index contributed by atoms with van der Waals surface area (Å²) in [5.74, 6) is 2.40. The number of fused-ring (bicyclic) bond motifs is 1. The molecule has 0 amide bonds. The van der Waals surface area contributed by atoms with Crippen LogP contribution in [0.15, 0.2) is 24.4 Å². The standard InChI is InChI=1S/C17H25ClN2S/c1-3-15(19)10-13-12-20(8-5-9-21-4-2)17-11-14(18)6-7-16(13)17/h6-7,11-12,15H,3-5,8-10,19H2,1-2H3. The van der Waals surface area contributed by atoms with Crippen LogP contribution in [0.25, 0.3) is 10.9 Å². The van der Waals surface area contributed by atoms with E-state index in [0.717, 1.165) is 24.4 Å². The second-order valence-electron chi connectivity index (χ2n) is 5.43. The van der Waals surface area contributed by atoms with Crippen molar-refractivity contribution in [1.29, 1.82) is 0 Å². The van der Waals surface area contributed by atoms with E-state index >= 15 is 0 Å². The zero-order chi connectivity index (χ0) is 15.2. The van der Waals surface area contributed by atoms with Crippen molar-refractivity contribution in [2.24, 2.45) is 5.73 Å². The second kappa shape index (κ2) is 8.11. The van der Waals surface area contributed by atoms with Crippen molar-refractivity contribution in [3.63, 3.8) is 0 Å². The first-order valence-electron chi connectivity index (χ1n) is 7.76. The molecule has 116 valence electrons. The van der Waals surface area contributed by atoms with E-state index in [-0.39, 0.29) is 6.04 Å². The van der Waals surface area contributed by atoms with Gasteiger partial charge in [-0.05, 0) is 48.5 Å². The summed E-state index contributed by atoms with van der Waals surface area (Å²) in [5, 5.41) is 2.10.